The van der Waals surface area contributed by atoms with E-state index in [0.717, 1.165) is 63.3 Å². The molecule has 39 heavy (non-hydrogen) atoms. The molecule has 1 aliphatic rings. The predicted octanol–water partition coefficient (Wildman–Crippen LogP) is 5.74. The van der Waals surface area contributed by atoms with Crippen LogP contribution in [0.5, 0.6) is 5.75 Å². The van der Waals surface area contributed by atoms with Gasteiger partial charge in [-0.15, -0.1) is 0 Å². The molecule has 0 amide bonds. The van der Waals surface area contributed by atoms with Gasteiger partial charge in [0.2, 0.25) is 0 Å². The minimum absolute atomic E-state index is 0.102. The van der Waals surface area contributed by atoms with Crippen molar-refractivity contribution in [1.29, 1.82) is 0 Å². The van der Waals surface area contributed by atoms with Crippen molar-refractivity contribution in [3.8, 4) is 39.3 Å². The molecule has 2 heterocycles. The number of hydrogen-bond acceptors (Lipinski definition) is 4. The van der Waals surface area contributed by atoms with Gasteiger partial charge in [-0.1, -0.05) is 54.6 Å². The van der Waals surface area contributed by atoms with E-state index in [9.17, 15) is 10.2 Å². The van der Waals surface area contributed by atoms with Gasteiger partial charge in [-0.05, 0) is 69.1 Å². The molecule has 0 saturated carbocycles. The predicted molar refractivity (Wildman–Crippen MR) is 157 cm³/mol. The van der Waals surface area contributed by atoms with Crippen molar-refractivity contribution in [3.05, 3.63) is 102 Å². The van der Waals surface area contributed by atoms with Crippen LogP contribution in [0.2, 0.25) is 0 Å². The Morgan fingerprint density at radius 3 is 2.10 bits per heavy atom. The lowest BCUT2D eigenvalue weighted by molar-refractivity contribution is -0.674. The van der Waals surface area contributed by atoms with Crippen LogP contribution in [0.1, 0.15) is 16.7 Å². The highest BCUT2D eigenvalue weighted by atomic mass is 16.5. The monoisotopic (exact) mass is 517 g/mol. The van der Waals surface area contributed by atoms with Gasteiger partial charge in [0, 0.05) is 17.5 Å². The van der Waals surface area contributed by atoms with Crippen LogP contribution in [0.3, 0.4) is 0 Å². The number of nitrogens with zero attached hydrogens (tertiary/aromatic N) is 2. The Hall–Kier alpha value is -4.19. The molecule has 5 aromatic rings. The fourth-order valence-electron chi connectivity index (χ4n) is 5.90. The Balaban J connectivity index is 1.54. The molecule has 2 N–H and O–H groups in total. The van der Waals surface area contributed by atoms with Gasteiger partial charge in [-0.3, -0.25) is 4.90 Å². The third-order valence-electron chi connectivity index (χ3n) is 7.82. The number of benzene rings is 4. The third-order valence-corrected chi connectivity index (χ3v) is 7.82. The molecule has 4 aromatic carbocycles. The maximum absolute atomic E-state index is 9.96. The Bertz CT molecular complexity index is 1680. The van der Waals surface area contributed by atoms with Crippen LogP contribution in [0.25, 0.3) is 44.3 Å². The van der Waals surface area contributed by atoms with Crippen LogP contribution in [0, 0.1) is 0 Å². The van der Waals surface area contributed by atoms with Crippen LogP contribution in [-0.4, -0.2) is 31.4 Å². The summed E-state index contributed by atoms with van der Waals surface area (Å²) in [5, 5.41) is 22.0. The van der Waals surface area contributed by atoms with E-state index in [1.165, 1.54) is 22.3 Å². The molecule has 0 fully saturated rings. The SMILES string of the molecule is COc1cc2c(cc1-c1ccc(-c3ccccc3)cc1)-c1cc3cc(CO)c(CO)cc3c(N(C)C)[n+]1CC2. The van der Waals surface area contributed by atoms with Crippen LogP contribution < -0.4 is 14.2 Å². The molecule has 0 atom stereocenters. The molecule has 0 saturated heterocycles. The molecule has 0 radical (unpaired) electrons. The highest BCUT2D eigenvalue weighted by Crippen LogP contribution is 2.40. The van der Waals surface area contributed by atoms with Crippen molar-refractivity contribution in [2.75, 3.05) is 26.1 Å². The molecule has 196 valence electrons. The van der Waals surface area contributed by atoms with Crippen molar-refractivity contribution in [2.45, 2.75) is 26.2 Å². The van der Waals surface area contributed by atoms with Crippen molar-refractivity contribution in [1.82, 2.24) is 0 Å². The average Bonchev–Trinajstić information content (AvgIpc) is 2.98. The molecule has 0 spiro atoms. The highest BCUT2D eigenvalue weighted by Gasteiger charge is 2.29. The number of methoxy groups -OCH3 is 1. The first-order chi connectivity index (χ1) is 19.0. The summed E-state index contributed by atoms with van der Waals surface area (Å²) in [6, 6.07) is 29.8. The number of aryl methyl sites for hydroxylation is 1. The summed E-state index contributed by atoms with van der Waals surface area (Å²) in [5.74, 6) is 1.97. The number of rotatable bonds is 6. The number of anilines is 1. The van der Waals surface area contributed by atoms with Gasteiger partial charge in [0.15, 0.2) is 0 Å². The number of aliphatic hydroxyl groups is 2. The van der Waals surface area contributed by atoms with Gasteiger partial charge in [-0.2, -0.15) is 0 Å². The topological polar surface area (TPSA) is 56.8 Å². The number of hydrogen-bond donors (Lipinski definition) is 2. The van der Waals surface area contributed by atoms with Gasteiger partial charge < -0.3 is 14.9 Å². The molecular weight excluding hydrogens is 484 g/mol. The maximum Gasteiger partial charge on any atom is 0.284 e. The summed E-state index contributed by atoms with van der Waals surface area (Å²) < 4.78 is 8.26. The summed E-state index contributed by atoms with van der Waals surface area (Å²) >= 11 is 0. The minimum Gasteiger partial charge on any atom is -0.496 e. The second kappa shape index (κ2) is 10.2. The van der Waals surface area contributed by atoms with Gasteiger partial charge in [0.25, 0.3) is 5.82 Å². The zero-order valence-corrected chi connectivity index (χ0v) is 22.6. The van der Waals surface area contributed by atoms with E-state index in [4.69, 9.17) is 4.74 Å². The van der Waals surface area contributed by atoms with Gasteiger partial charge in [0.05, 0.1) is 46.3 Å². The fourth-order valence-corrected chi connectivity index (χ4v) is 5.90. The Kier molecular flexibility index (Phi) is 6.55. The highest BCUT2D eigenvalue weighted by molar-refractivity contribution is 5.94. The minimum atomic E-state index is -0.107. The molecule has 0 bridgehead atoms. The second-order valence-electron chi connectivity index (χ2n) is 10.3. The molecule has 1 aromatic heterocycles. The van der Waals surface area contributed by atoms with E-state index in [-0.39, 0.29) is 13.2 Å². The maximum atomic E-state index is 9.96. The summed E-state index contributed by atoms with van der Waals surface area (Å²) in [6.45, 7) is 0.635. The smallest absolute Gasteiger partial charge is 0.284 e. The molecule has 1 aliphatic heterocycles. The van der Waals surface area contributed by atoms with E-state index in [0.29, 0.717) is 0 Å². The van der Waals surface area contributed by atoms with Gasteiger partial charge in [-0.25, -0.2) is 4.57 Å². The summed E-state index contributed by atoms with van der Waals surface area (Å²) in [5.41, 5.74) is 9.64. The number of pyridine rings is 1. The lowest BCUT2D eigenvalue weighted by atomic mass is 9.90. The lowest BCUT2D eigenvalue weighted by Crippen LogP contribution is -2.45. The van der Waals surface area contributed by atoms with Crippen molar-refractivity contribution < 1.29 is 19.5 Å². The van der Waals surface area contributed by atoms with Crippen LogP contribution >= 0.6 is 0 Å². The summed E-state index contributed by atoms with van der Waals surface area (Å²) in [4.78, 5) is 2.14. The normalized spacial score (nSPS) is 12.2. The molecule has 5 nitrogen and oxygen atoms in total. The van der Waals surface area contributed by atoms with E-state index in [1.807, 2.05) is 18.2 Å². The number of aromatic nitrogens is 1. The standard InChI is InChI=1S/C34H33N2O3/c1-35(2)34-31-16-28(21-38)27(20-37)15-26(31)17-32-29-19-30(33(39-3)18-25(29)13-14-36(32)34)24-11-9-23(10-12-24)22-7-5-4-6-8-22/h4-12,15-19,37-38H,13-14,20-21H2,1-3H3/q+1. The number of aliphatic hydroxyl groups excluding tert-OH is 2. The van der Waals surface area contributed by atoms with E-state index < -0.39 is 0 Å². The van der Waals surface area contributed by atoms with Crippen molar-refractivity contribution in [3.63, 3.8) is 0 Å². The first-order valence-electron chi connectivity index (χ1n) is 13.3. The quantitative estimate of drug-likeness (QED) is 0.282. The Morgan fingerprint density at radius 2 is 1.44 bits per heavy atom. The van der Waals surface area contributed by atoms with Gasteiger partial charge in [0.1, 0.15) is 11.4 Å². The second-order valence-corrected chi connectivity index (χ2v) is 10.3. The van der Waals surface area contributed by atoms with E-state index in [2.05, 4.69) is 90.3 Å². The number of ether oxygens (including phenoxy) is 1. The van der Waals surface area contributed by atoms with Gasteiger partial charge >= 0.3 is 0 Å². The third kappa shape index (κ3) is 4.34. The molecule has 0 unspecified atom stereocenters. The van der Waals surface area contributed by atoms with E-state index in [1.54, 1.807) is 7.11 Å². The Labute approximate surface area is 229 Å². The molecule has 0 aliphatic carbocycles. The number of fused-ring (bicyclic) bond motifs is 4. The molecule has 5 heteroatoms. The molecule has 6 rings (SSSR count). The van der Waals surface area contributed by atoms with Crippen molar-refractivity contribution >= 4 is 16.6 Å². The van der Waals surface area contributed by atoms with Crippen LogP contribution in [0.4, 0.5) is 5.82 Å². The first-order valence-corrected chi connectivity index (χ1v) is 13.3. The molecular formula is C34H33N2O3+. The first kappa shape index (κ1) is 25.1. The van der Waals surface area contributed by atoms with Crippen LogP contribution in [0.15, 0.2) is 84.9 Å². The zero-order valence-electron chi connectivity index (χ0n) is 22.6. The zero-order chi connectivity index (χ0) is 27.1. The Morgan fingerprint density at radius 1 is 0.769 bits per heavy atom. The average molecular weight is 518 g/mol. The largest absolute Gasteiger partial charge is 0.496 e. The van der Waals surface area contributed by atoms with Crippen LogP contribution in [-0.2, 0) is 26.2 Å². The lowest BCUT2D eigenvalue weighted by Gasteiger charge is -2.25. The fraction of sp³-hybridized carbons (Fsp3) is 0.206. The van der Waals surface area contributed by atoms with Crippen molar-refractivity contribution in [2.24, 2.45) is 0 Å². The summed E-state index contributed by atoms with van der Waals surface area (Å²) in [7, 11) is 5.86. The summed E-state index contributed by atoms with van der Waals surface area (Å²) in [6.07, 6.45) is 0.893. The van der Waals surface area contributed by atoms with E-state index >= 15 is 0 Å².